The van der Waals surface area contributed by atoms with Gasteiger partial charge in [-0.1, -0.05) is 12.7 Å². The zero-order chi connectivity index (χ0) is 24.4. The van der Waals surface area contributed by atoms with Crippen LogP contribution >= 0.6 is 0 Å². The molecule has 1 atom stereocenters. The summed E-state index contributed by atoms with van der Waals surface area (Å²) in [5.74, 6) is -0.143. The summed E-state index contributed by atoms with van der Waals surface area (Å²) in [5, 5.41) is 3.04. The van der Waals surface area contributed by atoms with E-state index in [1.807, 2.05) is 0 Å². The van der Waals surface area contributed by atoms with Crippen molar-refractivity contribution in [2.45, 2.75) is 12.8 Å². The number of hydrogen-bond acceptors (Lipinski definition) is 8. The van der Waals surface area contributed by atoms with Crippen LogP contribution in [-0.2, 0) is 23.6 Å². The third-order valence-electron chi connectivity index (χ3n) is 5.56. The van der Waals surface area contributed by atoms with Gasteiger partial charge in [0.15, 0.2) is 11.5 Å². The average molecular weight is 457 g/mol. The number of aromatic nitrogens is 2. The Morgan fingerprint density at radius 2 is 1.70 bits per heavy atom. The number of allylic oxidation sites excluding steroid dienone is 1. The highest BCUT2D eigenvalue weighted by Gasteiger charge is 2.38. The molecule has 0 aliphatic carbocycles. The number of carbonyl (C=O) groups excluding carboxylic acids is 1. The molecular weight excluding hydrogens is 430 g/mol. The summed E-state index contributed by atoms with van der Waals surface area (Å²) < 4.78 is 24.0. The zero-order valence-corrected chi connectivity index (χ0v) is 19.5. The third-order valence-corrected chi connectivity index (χ3v) is 5.56. The van der Waals surface area contributed by atoms with E-state index < -0.39 is 23.1 Å². The van der Waals surface area contributed by atoms with Gasteiger partial charge in [-0.3, -0.25) is 13.9 Å². The van der Waals surface area contributed by atoms with Gasteiger partial charge in [0.2, 0.25) is 5.75 Å². The third kappa shape index (κ3) is 3.88. The van der Waals surface area contributed by atoms with Crippen molar-refractivity contribution >= 4 is 11.8 Å². The number of hydrogen-bond donors (Lipinski definition) is 1. The Labute approximate surface area is 190 Å². The Morgan fingerprint density at radius 3 is 2.21 bits per heavy atom. The van der Waals surface area contributed by atoms with E-state index in [1.165, 1.54) is 39.0 Å². The molecule has 0 saturated heterocycles. The van der Waals surface area contributed by atoms with Crippen molar-refractivity contribution in [3.63, 3.8) is 0 Å². The summed E-state index contributed by atoms with van der Waals surface area (Å²) in [5.41, 5.74) is 0.354. The molecule has 1 aromatic heterocycles. The Kier molecular flexibility index (Phi) is 6.66. The molecule has 0 saturated carbocycles. The van der Waals surface area contributed by atoms with Crippen molar-refractivity contribution in [2.24, 2.45) is 14.1 Å². The second kappa shape index (κ2) is 9.27. The molecule has 1 N–H and O–H groups in total. The number of rotatable bonds is 7. The average Bonchev–Trinajstić information content (AvgIpc) is 2.82. The molecule has 1 aliphatic rings. The quantitative estimate of drug-likeness (QED) is 0.494. The number of fused-ring (bicyclic) bond motifs is 1. The predicted octanol–water partition coefficient (Wildman–Crippen LogP) is 1.67. The predicted molar refractivity (Wildman–Crippen MR) is 122 cm³/mol. The fourth-order valence-electron chi connectivity index (χ4n) is 3.97. The Bertz CT molecular complexity index is 1250. The van der Waals surface area contributed by atoms with Crippen LogP contribution in [0.1, 0.15) is 24.0 Å². The fraction of sp³-hybridized carbons (Fsp3) is 0.348. The summed E-state index contributed by atoms with van der Waals surface area (Å²) in [6, 6.07) is 3.33. The second-order valence-corrected chi connectivity index (χ2v) is 7.41. The number of methoxy groups -OCH3 is 3. The van der Waals surface area contributed by atoms with Gasteiger partial charge in [0.05, 0.1) is 38.4 Å². The summed E-state index contributed by atoms with van der Waals surface area (Å²) in [6.45, 7) is 5.25. The molecule has 0 bridgehead atoms. The monoisotopic (exact) mass is 457 g/mol. The van der Waals surface area contributed by atoms with Gasteiger partial charge < -0.3 is 24.3 Å². The number of ether oxygens (including phenoxy) is 4. The van der Waals surface area contributed by atoms with E-state index in [1.54, 1.807) is 26.1 Å². The maximum atomic E-state index is 13.3. The largest absolute Gasteiger partial charge is 0.493 e. The molecule has 33 heavy (non-hydrogen) atoms. The molecule has 10 heteroatoms. The number of benzene rings is 1. The van der Waals surface area contributed by atoms with E-state index in [-0.39, 0.29) is 17.7 Å². The lowest BCUT2D eigenvalue weighted by atomic mass is 9.82. The van der Waals surface area contributed by atoms with Crippen molar-refractivity contribution in [3.8, 4) is 17.2 Å². The first-order valence-corrected chi connectivity index (χ1v) is 10.1. The number of anilines is 1. The highest BCUT2D eigenvalue weighted by Crippen LogP contribution is 2.46. The second-order valence-electron chi connectivity index (χ2n) is 7.41. The topological polar surface area (TPSA) is 110 Å². The lowest BCUT2D eigenvalue weighted by molar-refractivity contribution is -0.138. The first kappa shape index (κ1) is 23.7. The lowest BCUT2D eigenvalue weighted by Crippen LogP contribution is -2.43. The zero-order valence-electron chi connectivity index (χ0n) is 19.5. The van der Waals surface area contributed by atoms with Crippen LogP contribution < -0.4 is 30.8 Å². The first-order valence-electron chi connectivity index (χ1n) is 10.1. The Morgan fingerprint density at radius 1 is 1.09 bits per heavy atom. The standard InChI is InChI=1S/C23H27N3O7/c1-8-9-33-22(28)16-12(2)24-20-18(21(27)26(4)23(29)25(20)3)17(16)13-10-14(30-5)19(32-7)15(11-13)31-6/h8,10-11,17,24H,1,9H2,2-7H3/t17-/m0/s1. The lowest BCUT2D eigenvalue weighted by Gasteiger charge is -2.31. The normalized spacial score (nSPS) is 14.8. The minimum Gasteiger partial charge on any atom is -0.493 e. The molecule has 0 radical (unpaired) electrons. The van der Waals surface area contributed by atoms with Gasteiger partial charge in [0.25, 0.3) is 5.56 Å². The van der Waals surface area contributed by atoms with Crippen LogP contribution in [0.5, 0.6) is 17.2 Å². The molecule has 1 aliphatic heterocycles. The van der Waals surface area contributed by atoms with Crippen molar-refractivity contribution in [2.75, 3.05) is 33.3 Å². The smallest absolute Gasteiger partial charge is 0.337 e. The molecule has 0 fully saturated rings. The highest BCUT2D eigenvalue weighted by molar-refractivity contribution is 5.94. The van der Waals surface area contributed by atoms with E-state index >= 15 is 0 Å². The molecule has 3 rings (SSSR count). The van der Waals surface area contributed by atoms with E-state index in [9.17, 15) is 14.4 Å². The van der Waals surface area contributed by atoms with Crippen LogP contribution in [0.15, 0.2) is 45.6 Å². The van der Waals surface area contributed by atoms with E-state index in [0.717, 1.165) is 4.57 Å². The fourth-order valence-corrected chi connectivity index (χ4v) is 3.97. The van der Waals surface area contributed by atoms with Crippen molar-refractivity contribution in [1.29, 1.82) is 0 Å². The maximum absolute atomic E-state index is 13.3. The van der Waals surface area contributed by atoms with Crippen LogP contribution in [0, 0.1) is 0 Å². The van der Waals surface area contributed by atoms with Gasteiger partial charge >= 0.3 is 11.7 Å². The van der Waals surface area contributed by atoms with Gasteiger partial charge in [0.1, 0.15) is 12.4 Å². The molecular formula is C23H27N3O7. The minimum absolute atomic E-state index is 0.00424. The summed E-state index contributed by atoms with van der Waals surface area (Å²) >= 11 is 0. The van der Waals surface area contributed by atoms with Crippen LogP contribution in [-0.4, -0.2) is 43.0 Å². The Balaban J connectivity index is 2.42. The van der Waals surface area contributed by atoms with Gasteiger partial charge in [-0.2, -0.15) is 0 Å². The number of carbonyl (C=O) groups is 1. The molecule has 1 aromatic carbocycles. The van der Waals surface area contributed by atoms with Crippen LogP contribution in [0.2, 0.25) is 0 Å². The van der Waals surface area contributed by atoms with E-state index in [2.05, 4.69) is 11.9 Å². The van der Waals surface area contributed by atoms with Gasteiger partial charge in [-0.25, -0.2) is 9.59 Å². The van der Waals surface area contributed by atoms with Gasteiger partial charge in [-0.15, -0.1) is 0 Å². The van der Waals surface area contributed by atoms with Crippen molar-refractivity contribution in [3.05, 3.63) is 68.0 Å². The minimum atomic E-state index is -0.877. The van der Waals surface area contributed by atoms with E-state index in [0.29, 0.717) is 34.3 Å². The van der Waals surface area contributed by atoms with Crippen LogP contribution in [0.4, 0.5) is 5.82 Å². The summed E-state index contributed by atoms with van der Waals surface area (Å²) in [7, 11) is 7.36. The molecule has 0 unspecified atom stereocenters. The molecule has 0 amide bonds. The molecule has 2 heterocycles. The van der Waals surface area contributed by atoms with Crippen molar-refractivity contribution in [1.82, 2.24) is 9.13 Å². The SMILES string of the molecule is C=CCOC(=O)C1=C(C)Nc2c(c(=O)n(C)c(=O)n2C)[C@H]1c1cc(OC)c(OC)c(OC)c1. The molecule has 2 aromatic rings. The molecule has 10 nitrogen and oxygen atoms in total. The Hall–Kier alpha value is -3.95. The maximum Gasteiger partial charge on any atom is 0.337 e. The molecule has 0 spiro atoms. The van der Waals surface area contributed by atoms with Gasteiger partial charge in [0, 0.05) is 19.8 Å². The number of nitrogens with zero attached hydrogens (tertiary/aromatic N) is 2. The number of esters is 1. The number of nitrogens with one attached hydrogen (secondary N) is 1. The first-order chi connectivity index (χ1) is 15.7. The van der Waals surface area contributed by atoms with Gasteiger partial charge in [-0.05, 0) is 24.6 Å². The molecule has 176 valence electrons. The summed E-state index contributed by atoms with van der Waals surface area (Å²) in [4.78, 5) is 39.0. The summed E-state index contributed by atoms with van der Waals surface area (Å²) in [6.07, 6.45) is 1.45. The van der Waals surface area contributed by atoms with Crippen LogP contribution in [0.3, 0.4) is 0 Å². The van der Waals surface area contributed by atoms with Crippen LogP contribution in [0.25, 0.3) is 0 Å². The highest BCUT2D eigenvalue weighted by atomic mass is 16.5. The van der Waals surface area contributed by atoms with E-state index in [4.69, 9.17) is 18.9 Å². The van der Waals surface area contributed by atoms with Crippen molar-refractivity contribution < 1.29 is 23.7 Å².